The summed E-state index contributed by atoms with van der Waals surface area (Å²) in [6.07, 6.45) is 8.83. The van der Waals surface area contributed by atoms with Crippen LogP contribution in [-0.2, 0) is 0 Å². The summed E-state index contributed by atoms with van der Waals surface area (Å²) in [7, 11) is 0. The molecule has 0 aliphatic rings. The first-order valence-corrected chi connectivity index (χ1v) is 10.2. The molecule has 1 radical (unpaired) electrons. The van der Waals surface area contributed by atoms with Crippen LogP contribution in [-0.4, -0.2) is 0 Å². The van der Waals surface area contributed by atoms with Crippen LogP contribution in [0.2, 0.25) is 0 Å². The van der Waals surface area contributed by atoms with E-state index in [1.54, 1.807) is 0 Å². The average molecular weight is 381 g/mol. The lowest BCUT2D eigenvalue weighted by Gasteiger charge is -2.13. The van der Waals surface area contributed by atoms with E-state index in [9.17, 15) is 0 Å². The van der Waals surface area contributed by atoms with Gasteiger partial charge in [-0.25, -0.2) is 0 Å². The molecule has 0 fully saturated rings. The molecule has 30 heavy (non-hydrogen) atoms. The molecule has 141 valence electrons. The molecule has 0 nitrogen and oxygen atoms in total. The second-order valence-corrected chi connectivity index (χ2v) is 7.32. The van der Waals surface area contributed by atoms with Crippen LogP contribution in [0, 0.1) is 6.07 Å². The number of rotatable bonds is 4. The highest BCUT2D eigenvalue weighted by Crippen LogP contribution is 2.35. The summed E-state index contributed by atoms with van der Waals surface area (Å²) in [4.78, 5) is 0. The van der Waals surface area contributed by atoms with Gasteiger partial charge >= 0.3 is 0 Å². The third-order valence-electron chi connectivity index (χ3n) is 5.41. The van der Waals surface area contributed by atoms with Crippen LogP contribution < -0.4 is 0 Å². The highest BCUT2D eigenvalue weighted by Gasteiger charge is 2.10. The molecule has 0 aliphatic heterocycles. The molecule has 0 saturated heterocycles. The Bertz CT molecular complexity index is 1190. The molecule has 0 heteroatoms. The Kier molecular flexibility index (Phi) is 4.98. The van der Waals surface area contributed by atoms with Crippen LogP contribution in [0.3, 0.4) is 0 Å². The predicted octanol–water partition coefficient (Wildman–Crippen LogP) is 8.13. The zero-order valence-electron chi connectivity index (χ0n) is 16.6. The van der Waals surface area contributed by atoms with Crippen LogP contribution in [0.15, 0.2) is 103 Å². The summed E-state index contributed by atoms with van der Waals surface area (Å²) in [5.41, 5.74) is 4.83. The molecule has 0 bridgehead atoms. The molecule has 5 rings (SSSR count). The van der Waals surface area contributed by atoms with E-state index >= 15 is 0 Å². The van der Waals surface area contributed by atoms with Crippen molar-refractivity contribution in [1.82, 2.24) is 0 Å². The second-order valence-electron chi connectivity index (χ2n) is 7.32. The fourth-order valence-corrected chi connectivity index (χ4v) is 3.96. The van der Waals surface area contributed by atoms with E-state index in [4.69, 9.17) is 0 Å². The molecule has 5 aromatic carbocycles. The Labute approximate surface area is 177 Å². The third-order valence-corrected chi connectivity index (χ3v) is 5.41. The lowest BCUT2D eigenvalue weighted by atomic mass is 9.91. The first-order chi connectivity index (χ1) is 14.9. The second kappa shape index (κ2) is 8.23. The van der Waals surface area contributed by atoms with Crippen molar-refractivity contribution in [3.05, 3.63) is 131 Å². The van der Waals surface area contributed by atoms with Gasteiger partial charge in [0.05, 0.1) is 0 Å². The van der Waals surface area contributed by atoms with Crippen molar-refractivity contribution in [3.8, 4) is 0 Å². The molecule has 0 saturated carbocycles. The van der Waals surface area contributed by atoms with Crippen molar-refractivity contribution in [2.24, 2.45) is 0 Å². The maximum Gasteiger partial charge on any atom is -0.00201 e. The van der Waals surface area contributed by atoms with Crippen molar-refractivity contribution < 1.29 is 0 Å². The van der Waals surface area contributed by atoms with Crippen LogP contribution in [0.5, 0.6) is 0 Å². The first kappa shape index (κ1) is 18.1. The molecular weight excluding hydrogens is 360 g/mol. The smallest absolute Gasteiger partial charge is 0.00201 e. The largest absolute Gasteiger partial charge is 0.0622 e. The molecular formula is C30H21. The van der Waals surface area contributed by atoms with E-state index in [-0.39, 0.29) is 0 Å². The number of benzene rings is 5. The zero-order valence-corrected chi connectivity index (χ0v) is 16.6. The van der Waals surface area contributed by atoms with E-state index in [1.807, 2.05) is 18.2 Å². The van der Waals surface area contributed by atoms with Crippen molar-refractivity contribution in [1.29, 1.82) is 0 Å². The predicted molar refractivity (Wildman–Crippen MR) is 131 cm³/mol. The van der Waals surface area contributed by atoms with Gasteiger partial charge in [0.15, 0.2) is 0 Å². The van der Waals surface area contributed by atoms with Crippen molar-refractivity contribution in [2.75, 3.05) is 0 Å². The Morgan fingerprint density at radius 1 is 0.433 bits per heavy atom. The molecule has 0 aliphatic carbocycles. The maximum atomic E-state index is 3.50. The van der Waals surface area contributed by atoms with Gasteiger partial charge in [-0.2, -0.15) is 0 Å². The minimum Gasteiger partial charge on any atom is -0.0622 e. The topological polar surface area (TPSA) is 0 Å². The summed E-state index contributed by atoms with van der Waals surface area (Å²) in [6, 6.07) is 39.3. The Morgan fingerprint density at radius 3 is 1.57 bits per heavy atom. The Balaban J connectivity index is 1.74. The highest BCUT2D eigenvalue weighted by molar-refractivity contribution is 6.14. The summed E-state index contributed by atoms with van der Waals surface area (Å²) < 4.78 is 0. The number of fused-ring (bicyclic) bond motifs is 2. The van der Waals surface area contributed by atoms with Gasteiger partial charge in [0, 0.05) is 0 Å². The molecule has 0 heterocycles. The summed E-state index contributed by atoms with van der Waals surface area (Å²) in [5, 5.41) is 4.86. The van der Waals surface area contributed by atoms with Crippen molar-refractivity contribution >= 4 is 45.8 Å². The third kappa shape index (κ3) is 3.56. The van der Waals surface area contributed by atoms with Crippen LogP contribution in [0.1, 0.15) is 22.3 Å². The quantitative estimate of drug-likeness (QED) is 0.218. The molecule has 0 aromatic heterocycles. The minimum absolute atomic E-state index is 1.15. The summed E-state index contributed by atoms with van der Waals surface area (Å²) >= 11 is 0. The normalized spacial score (nSPS) is 11.7. The van der Waals surface area contributed by atoms with Crippen LogP contribution in [0.25, 0.3) is 45.8 Å². The number of hydrogen-bond donors (Lipinski definition) is 0. The fraction of sp³-hybridized carbons (Fsp3) is 0. The molecule has 0 atom stereocenters. The monoisotopic (exact) mass is 381 g/mol. The molecule has 0 unspecified atom stereocenters. The van der Waals surface area contributed by atoms with Crippen molar-refractivity contribution in [3.63, 3.8) is 0 Å². The fourth-order valence-electron chi connectivity index (χ4n) is 3.96. The van der Waals surface area contributed by atoms with Gasteiger partial charge in [0.1, 0.15) is 0 Å². The van der Waals surface area contributed by atoms with E-state index in [2.05, 4.69) is 115 Å². The van der Waals surface area contributed by atoms with Gasteiger partial charge in [-0.15, -0.1) is 0 Å². The van der Waals surface area contributed by atoms with Gasteiger partial charge in [-0.3, -0.25) is 0 Å². The lowest BCUT2D eigenvalue weighted by molar-refractivity contribution is 1.66. The number of hydrogen-bond acceptors (Lipinski definition) is 0. The van der Waals surface area contributed by atoms with Gasteiger partial charge in [-0.1, -0.05) is 127 Å². The van der Waals surface area contributed by atoms with Gasteiger partial charge < -0.3 is 0 Å². The summed E-state index contributed by atoms with van der Waals surface area (Å²) in [5.74, 6) is 0. The molecule has 0 amide bonds. The maximum absolute atomic E-state index is 3.50. The van der Waals surface area contributed by atoms with E-state index in [1.165, 1.54) is 38.4 Å². The SMILES string of the molecule is [c]1cccc2c(/C=C/c3ccccc3)c3ccccc3c(/C=C/c3ccccc3)c12. The molecule has 0 N–H and O–H groups in total. The molecule has 5 aromatic rings. The van der Waals surface area contributed by atoms with Gasteiger partial charge in [-0.05, 0) is 49.9 Å². The standard InChI is InChI=1S/C30H21/c1-3-11-23(12-4-1)19-21-29-25-15-7-9-17-27(25)30(28-18-10-8-16-26(28)29)22-20-24-13-5-2-6-14-24/h1-17,19-22H/b21-19+,22-20+. The summed E-state index contributed by atoms with van der Waals surface area (Å²) in [6.45, 7) is 0. The van der Waals surface area contributed by atoms with E-state index < -0.39 is 0 Å². The van der Waals surface area contributed by atoms with Gasteiger partial charge in [0.2, 0.25) is 0 Å². The van der Waals surface area contributed by atoms with E-state index in [0.29, 0.717) is 0 Å². The van der Waals surface area contributed by atoms with Crippen molar-refractivity contribution in [2.45, 2.75) is 0 Å². The Hall–Kier alpha value is -3.90. The van der Waals surface area contributed by atoms with Crippen LogP contribution in [0.4, 0.5) is 0 Å². The van der Waals surface area contributed by atoms with Gasteiger partial charge in [0.25, 0.3) is 0 Å². The van der Waals surface area contributed by atoms with E-state index in [0.717, 1.165) is 5.39 Å². The van der Waals surface area contributed by atoms with Crippen LogP contribution >= 0.6 is 0 Å². The zero-order chi connectivity index (χ0) is 20.2. The minimum atomic E-state index is 1.15. The lowest BCUT2D eigenvalue weighted by Crippen LogP contribution is -1.89. The average Bonchev–Trinajstić information content (AvgIpc) is 2.82. The molecule has 0 spiro atoms. The Morgan fingerprint density at radius 2 is 0.933 bits per heavy atom. The first-order valence-electron chi connectivity index (χ1n) is 10.2. The highest BCUT2D eigenvalue weighted by atomic mass is 14.1.